The van der Waals surface area contributed by atoms with Crippen molar-refractivity contribution in [2.45, 2.75) is 36.8 Å². The Hall–Kier alpha value is -0.506. The first kappa shape index (κ1) is 19.5. The minimum Gasteiger partial charge on any atom is -0.360 e. The smallest absolute Gasteiger partial charge is 0.134 e. The molecule has 0 N–H and O–H groups in total. The molecule has 0 fully saturated rings. The van der Waals surface area contributed by atoms with Crippen LogP contribution in [0.1, 0.15) is 23.6 Å². The number of rotatable bonds is 11. The van der Waals surface area contributed by atoms with E-state index in [2.05, 4.69) is 31.2 Å². The fourth-order valence-corrected chi connectivity index (χ4v) is 5.45. The number of aryl methyl sites for hydroxylation is 1. The zero-order valence-corrected chi connectivity index (χ0v) is 17.3. The van der Waals surface area contributed by atoms with Crippen LogP contribution in [0.2, 0.25) is 6.04 Å². The summed E-state index contributed by atoms with van der Waals surface area (Å²) in [6, 6.07) is 10.2. The van der Waals surface area contributed by atoms with Gasteiger partial charge in [-0.2, -0.15) is 0 Å². The van der Waals surface area contributed by atoms with Crippen molar-refractivity contribution in [1.29, 1.82) is 0 Å². The van der Waals surface area contributed by atoms with E-state index in [1.54, 1.807) is 28.4 Å². The molecule has 1 unspecified atom stereocenters. The molecule has 0 aliphatic heterocycles. The molecule has 0 aromatic heterocycles. The maximum absolute atomic E-state index is 5.33. The fraction of sp³-hybridized carbons (Fsp3) is 0.625. The summed E-state index contributed by atoms with van der Waals surface area (Å²) >= 11 is 0. The maximum Gasteiger partial charge on any atom is 0.134 e. The topological polar surface area (TPSA) is 36.9 Å². The molecule has 1 aromatic rings. The van der Waals surface area contributed by atoms with Crippen LogP contribution in [0.5, 0.6) is 0 Å². The summed E-state index contributed by atoms with van der Waals surface area (Å²) in [6.07, 6.45) is 1.11. The summed E-state index contributed by atoms with van der Waals surface area (Å²) in [7, 11) is 6.07. The Kier molecular flexibility index (Phi) is 9.85. The van der Waals surface area contributed by atoms with Gasteiger partial charge < -0.3 is 18.9 Å². The van der Waals surface area contributed by atoms with Gasteiger partial charge in [0, 0.05) is 28.4 Å². The lowest BCUT2D eigenvalue weighted by Crippen LogP contribution is -2.25. The van der Waals surface area contributed by atoms with Crippen molar-refractivity contribution in [3.63, 3.8) is 0 Å². The van der Waals surface area contributed by atoms with Gasteiger partial charge in [-0.15, -0.1) is 0 Å². The summed E-state index contributed by atoms with van der Waals surface area (Å²) in [5.41, 5.74) is 3.34. The summed E-state index contributed by atoms with van der Waals surface area (Å²) in [4.78, 5) is 0. The number of benzene rings is 1. The Morgan fingerprint density at radius 3 is 1.91 bits per heavy atom. The highest BCUT2D eigenvalue weighted by Gasteiger charge is 2.14. The normalized spacial score (nSPS) is 14.1. The second kappa shape index (κ2) is 11.1. The maximum atomic E-state index is 5.33. The molecule has 0 spiro atoms. The second-order valence-electron chi connectivity index (χ2n) is 5.57. The lowest BCUT2D eigenvalue weighted by molar-refractivity contribution is -0.0447. The Morgan fingerprint density at radius 2 is 1.41 bits per heavy atom. The van der Waals surface area contributed by atoms with E-state index in [0.717, 1.165) is 6.42 Å². The van der Waals surface area contributed by atoms with Crippen LogP contribution in [0.3, 0.4) is 0 Å². The van der Waals surface area contributed by atoms with Gasteiger partial charge in [0.2, 0.25) is 0 Å². The van der Waals surface area contributed by atoms with Crippen LogP contribution < -0.4 is 0 Å². The van der Waals surface area contributed by atoms with Crippen molar-refractivity contribution in [1.82, 2.24) is 0 Å². The lowest BCUT2D eigenvalue weighted by atomic mass is 10.1. The molecule has 0 aliphatic rings. The molecule has 0 aliphatic carbocycles. The molecule has 0 radical (unpaired) electrons. The molecule has 0 heterocycles. The monoisotopic (exact) mass is 342 g/mol. The van der Waals surface area contributed by atoms with Crippen LogP contribution in [-0.4, -0.2) is 59.3 Å². The molecule has 0 amide bonds. The van der Waals surface area contributed by atoms with Crippen molar-refractivity contribution in [3.05, 3.63) is 35.4 Å². The second-order valence-corrected chi connectivity index (χ2v) is 9.89. The van der Waals surface area contributed by atoms with Gasteiger partial charge in [-0.25, -0.2) is 0 Å². The third-order valence-corrected chi connectivity index (χ3v) is 8.18. The first-order valence-corrected chi connectivity index (χ1v) is 11.3. The first-order chi connectivity index (χ1) is 10.6. The van der Waals surface area contributed by atoms with Gasteiger partial charge in [0.1, 0.15) is 11.8 Å². The van der Waals surface area contributed by atoms with Gasteiger partial charge in [0.15, 0.2) is 0 Å². The largest absolute Gasteiger partial charge is 0.360 e. The molecule has 1 aromatic carbocycles. The Morgan fingerprint density at radius 1 is 0.864 bits per heavy atom. The van der Waals surface area contributed by atoms with Crippen LogP contribution in [0.25, 0.3) is 0 Å². The highest BCUT2D eigenvalue weighted by molar-refractivity contribution is 6.38. The molecule has 22 heavy (non-hydrogen) atoms. The quantitative estimate of drug-likeness (QED) is 0.447. The van der Waals surface area contributed by atoms with Crippen molar-refractivity contribution in [3.8, 4) is 0 Å². The molecular weight excluding hydrogens is 312 g/mol. The summed E-state index contributed by atoms with van der Waals surface area (Å²) in [5, 5.41) is 0. The Labute approximate surface area is 139 Å². The molecule has 0 saturated carbocycles. The highest BCUT2D eigenvalue weighted by Crippen LogP contribution is 2.17. The van der Waals surface area contributed by atoms with E-state index in [1.807, 2.05) is 0 Å². The molecule has 0 saturated heterocycles. The Balaban J connectivity index is 2.45. The SMILES string of the molecule is COC(OC)[SiH2]CCc1ccc(C(C)[SiH2]C(OC)OC)cc1. The summed E-state index contributed by atoms with van der Waals surface area (Å²) in [5.74, 6) is 0.0472. The van der Waals surface area contributed by atoms with Crippen LogP contribution in [-0.2, 0) is 25.4 Å². The molecular formula is C16H30O4Si2. The minimum atomic E-state index is -0.465. The third-order valence-electron chi connectivity index (χ3n) is 4.05. The molecule has 4 nitrogen and oxygen atoms in total. The number of ether oxygens (including phenoxy) is 4. The Bertz CT molecular complexity index is 392. The van der Waals surface area contributed by atoms with Gasteiger partial charge in [-0.3, -0.25) is 0 Å². The predicted octanol–water partition coefficient (Wildman–Crippen LogP) is 1.20. The van der Waals surface area contributed by atoms with Crippen molar-refractivity contribution < 1.29 is 18.9 Å². The van der Waals surface area contributed by atoms with Gasteiger partial charge >= 0.3 is 0 Å². The van der Waals surface area contributed by atoms with E-state index in [9.17, 15) is 0 Å². The summed E-state index contributed by atoms with van der Waals surface area (Å²) < 4.78 is 21.2. The van der Waals surface area contributed by atoms with Gasteiger partial charge in [-0.1, -0.05) is 37.2 Å². The molecule has 6 heteroatoms. The van der Waals surface area contributed by atoms with Crippen LogP contribution >= 0.6 is 0 Å². The summed E-state index contributed by atoms with van der Waals surface area (Å²) in [6.45, 7) is 2.26. The van der Waals surface area contributed by atoms with E-state index < -0.39 is 9.52 Å². The molecule has 1 atom stereocenters. The minimum absolute atomic E-state index is 0.000646. The van der Waals surface area contributed by atoms with Crippen molar-refractivity contribution in [2.24, 2.45) is 0 Å². The van der Waals surface area contributed by atoms with E-state index in [0.29, 0.717) is 5.54 Å². The van der Waals surface area contributed by atoms with Crippen LogP contribution in [0, 0.1) is 0 Å². The van der Waals surface area contributed by atoms with E-state index in [4.69, 9.17) is 18.9 Å². The van der Waals surface area contributed by atoms with Crippen molar-refractivity contribution >= 4 is 19.0 Å². The average Bonchev–Trinajstić information content (AvgIpc) is 2.57. The first-order valence-electron chi connectivity index (χ1n) is 7.84. The molecule has 0 bridgehead atoms. The number of hydrogen-bond donors (Lipinski definition) is 0. The zero-order valence-electron chi connectivity index (χ0n) is 14.5. The van der Waals surface area contributed by atoms with Gasteiger partial charge in [-0.05, 0) is 23.1 Å². The van der Waals surface area contributed by atoms with Gasteiger partial charge in [0.05, 0.1) is 19.0 Å². The predicted molar refractivity (Wildman–Crippen MR) is 96.1 cm³/mol. The van der Waals surface area contributed by atoms with Crippen LogP contribution in [0.4, 0.5) is 0 Å². The zero-order chi connectivity index (χ0) is 16.4. The van der Waals surface area contributed by atoms with Gasteiger partial charge in [0.25, 0.3) is 0 Å². The fourth-order valence-electron chi connectivity index (χ4n) is 2.53. The van der Waals surface area contributed by atoms with Crippen molar-refractivity contribution in [2.75, 3.05) is 28.4 Å². The van der Waals surface area contributed by atoms with E-state index >= 15 is 0 Å². The number of methoxy groups -OCH3 is 4. The van der Waals surface area contributed by atoms with E-state index in [-0.39, 0.29) is 21.3 Å². The van der Waals surface area contributed by atoms with Crippen LogP contribution in [0.15, 0.2) is 24.3 Å². The highest BCUT2D eigenvalue weighted by atomic mass is 28.2. The average molecular weight is 343 g/mol. The standard InChI is InChI=1S/C16H30O4Si2/c1-12(22-16(19-4)20-5)14-8-6-13(7-9-14)10-11-21-15(17-2)18-3/h6-9,12,15-16H,10-11,21-22H2,1-5H3. The third kappa shape index (κ3) is 6.72. The molecule has 126 valence electrons. The lowest BCUT2D eigenvalue weighted by Gasteiger charge is -2.18. The van der Waals surface area contributed by atoms with E-state index in [1.165, 1.54) is 17.2 Å². The number of hydrogen-bond acceptors (Lipinski definition) is 4. The molecule has 1 rings (SSSR count).